The summed E-state index contributed by atoms with van der Waals surface area (Å²) in [4.78, 5) is 13.4. The molecule has 4 nitrogen and oxygen atoms in total. The molecule has 122 valence electrons. The minimum atomic E-state index is 0.141. The van der Waals surface area contributed by atoms with Gasteiger partial charge < -0.3 is 5.32 Å². The molecule has 23 heavy (non-hydrogen) atoms. The highest BCUT2D eigenvalue weighted by Gasteiger charge is 2.18. The van der Waals surface area contributed by atoms with E-state index in [-0.39, 0.29) is 11.8 Å². The molecule has 2 heterocycles. The molecule has 0 aliphatic heterocycles. The summed E-state index contributed by atoms with van der Waals surface area (Å²) in [7, 11) is 0. The molecule has 1 unspecified atom stereocenters. The zero-order valence-electron chi connectivity index (χ0n) is 13.7. The van der Waals surface area contributed by atoms with Gasteiger partial charge >= 0.3 is 0 Å². The number of hydrogen-bond acceptors (Lipinski definition) is 3. The number of amides is 1. The highest BCUT2D eigenvalue weighted by molar-refractivity contribution is 7.13. The summed E-state index contributed by atoms with van der Waals surface area (Å²) in [5, 5.41) is 9.78. The first-order chi connectivity index (χ1) is 11.2. The Morgan fingerprint density at radius 3 is 3.00 bits per heavy atom. The summed E-state index contributed by atoms with van der Waals surface area (Å²) in [5.74, 6) is 0.316. The number of nitrogens with zero attached hydrogens (tertiary/aromatic N) is 2. The van der Waals surface area contributed by atoms with Crippen LogP contribution in [0, 0.1) is 19.8 Å². The molecule has 3 rings (SSSR count). The second-order valence-electron chi connectivity index (χ2n) is 6.02. The van der Waals surface area contributed by atoms with Gasteiger partial charge in [-0.2, -0.15) is 5.10 Å². The predicted molar refractivity (Wildman–Crippen MR) is 94.5 cm³/mol. The number of allylic oxidation sites excluding steroid dienone is 2. The fraction of sp³-hybridized carbons (Fsp3) is 0.444. The molecule has 2 aromatic heterocycles. The van der Waals surface area contributed by atoms with E-state index in [1.165, 1.54) is 16.1 Å². The van der Waals surface area contributed by atoms with E-state index < -0.39 is 0 Å². The van der Waals surface area contributed by atoms with Crippen LogP contribution in [0.15, 0.2) is 29.7 Å². The van der Waals surface area contributed by atoms with Crippen LogP contribution in [0.3, 0.4) is 0 Å². The Balaban J connectivity index is 1.60. The van der Waals surface area contributed by atoms with Crippen LogP contribution >= 0.6 is 11.3 Å². The normalized spacial score (nSPS) is 17.4. The molecule has 1 aliphatic carbocycles. The van der Waals surface area contributed by atoms with Crippen LogP contribution in [-0.2, 0) is 11.3 Å². The maximum absolute atomic E-state index is 12.2. The van der Waals surface area contributed by atoms with Crippen LogP contribution < -0.4 is 5.32 Å². The fourth-order valence-corrected chi connectivity index (χ4v) is 4.03. The van der Waals surface area contributed by atoms with Crippen LogP contribution in [0.5, 0.6) is 0 Å². The first-order valence-electron chi connectivity index (χ1n) is 8.17. The Labute approximate surface area is 141 Å². The van der Waals surface area contributed by atoms with Gasteiger partial charge in [-0.05, 0) is 44.6 Å². The first-order valence-corrected chi connectivity index (χ1v) is 9.05. The lowest BCUT2D eigenvalue weighted by Crippen LogP contribution is -2.33. The van der Waals surface area contributed by atoms with Gasteiger partial charge in [-0.1, -0.05) is 18.2 Å². The van der Waals surface area contributed by atoms with E-state index >= 15 is 0 Å². The lowest BCUT2D eigenvalue weighted by Gasteiger charge is -2.17. The molecule has 0 bridgehead atoms. The highest BCUT2D eigenvalue weighted by Crippen LogP contribution is 2.30. The van der Waals surface area contributed by atoms with Gasteiger partial charge in [0.15, 0.2) is 0 Å². The summed E-state index contributed by atoms with van der Waals surface area (Å²) in [6, 6.07) is 4.19. The van der Waals surface area contributed by atoms with Gasteiger partial charge in [-0.3, -0.25) is 9.48 Å². The van der Waals surface area contributed by atoms with Gasteiger partial charge in [-0.25, -0.2) is 0 Å². The van der Waals surface area contributed by atoms with E-state index in [4.69, 9.17) is 0 Å². The Kier molecular flexibility index (Phi) is 4.96. The topological polar surface area (TPSA) is 46.9 Å². The van der Waals surface area contributed by atoms with Crippen molar-refractivity contribution in [2.45, 2.75) is 39.7 Å². The first kappa shape index (κ1) is 16.0. The molecule has 1 atom stereocenters. The molecule has 0 saturated carbocycles. The molecule has 2 aromatic rings. The minimum absolute atomic E-state index is 0.141. The molecule has 5 heteroatoms. The van der Waals surface area contributed by atoms with Gasteiger partial charge in [0.1, 0.15) is 0 Å². The van der Waals surface area contributed by atoms with Crippen LogP contribution in [0.1, 0.15) is 30.7 Å². The molecule has 1 aliphatic rings. The third-order valence-electron chi connectivity index (χ3n) is 4.41. The third kappa shape index (κ3) is 3.55. The maximum Gasteiger partial charge on any atom is 0.223 e. The minimum Gasteiger partial charge on any atom is -0.354 e. The monoisotopic (exact) mass is 329 g/mol. The van der Waals surface area contributed by atoms with Crippen molar-refractivity contribution in [3.63, 3.8) is 0 Å². The lowest BCUT2D eigenvalue weighted by atomic mass is 9.94. The van der Waals surface area contributed by atoms with Crippen LogP contribution in [0.2, 0.25) is 0 Å². The Morgan fingerprint density at radius 2 is 2.30 bits per heavy atom. The summed E-state index contributed by atoms with van der Waals surface area (Å²) < 4.78 is 2.01. The largest absolute Gasteiger partial charge is 0.354 e. The second kappa shape index (κ2) is 7.13. The van der Waals surface area contributed by atoms with E-state index in [0.717, 1.165) is 25.0 Å². The van der Waals surface area contributed by atoms with Crippen molar-refractivity contribution in [1.82, 2.24) is 15.1 Å². The summed E-state index contributed by atoms with van der Waals surface area (Å²) in [5.41, 5.74) is 3.44. The van der Waals surface area contributed by atoms with Crippen molar-refractivity contribution >= 4 is 17.2 Å². The van der Waals surface area contributed by atoms with Crippen molar-refractivity contribution in [2.75, 3.05) is 6.54 Å². The number of carbonyl (C=O) groups excluding carboxylic acids is 1. The lowest BCUT2D eigenvalue weighted by molar-refractivity contribution is -0.125. The molecule has 0 spiro atoms. The van der Waals surface area contributed by atoms with Gasteiger partial charge in [0, 0.05) is 28.6 Å². The summed E-state index contributed by atoms with van der Waals surface area (Å²) in [6.07, 6.45) is 7.12. The molecular weight excluding hydrogens is 306 g/mol. The fourth-order valence-electron chi connectivity index (χ4n) is 3.15. The smallest absolute Gasteiger partial charge is 0.223 e. The average molecular weight is 329 g/mol. The Morgan fingerprint density at radius 1 is 1.43 bits per heavy atom. The van der Waals surface area contributed by atoms with Crippen LogP contribution in [0.25, 0.3) is 10.4 Å². The highest BCUT2D eigenvalue weighted by atomic mass is 32.1. The average Bonchev–Trinajstić information content (AvgIpc) is 3.17. The van der Waals surface area contributed by atoms with Crippen molar-refractivity contribution in [3.8, 4) is 10.4 Å². The van der Waals surface area contributed by atoms with E-state index in [0.29, 0.717) is 13.1 Å². The van der Waals surface area contributed by atoms with E-state index in [9.17, 15) is 4.79 Å². The Bertz CT molecular complexity index is 700. The van der Waals surface area contributed by atoms with Crippen molar-refractivity contribution in [3.05, 3.63) is 41.1 Å². The number of aryl methyl sites for hydroxylation is 1. The number of rotatable bonds is 5. The number of nitrogens with one attached hydrogen (secondary N) is 1. The third-order valence-corrected chi connectivity index (χ3v) is 5.30. The number of hydrogen-bond donors (Lipinski definition) is 1. The summed E-state index contributed by atoms with van der Waals surface area (Å²) in [6.45, 7) is 5.49. The number of aromatic nitrogens is 2. The van der Waals surface area contributed by atoms with E-state index in [1.807, 2.05) is 11.6 Å². The number of carbonyl (C=O) groups is 1. The van der Waals surface area contributed by atoms with Crippen molar-refractivity contribution < 1.29 is 4.79 Å². The van der Waals surface area contributed by atoms with Gasteiger partial charge in [0.2, 0.25) is 5.91 Å². The molecule has 1 N–H and O–H groups in total. The van der Waals surface area contributed by atoms with Gasteiger partial charge in [0.25, 0.3) is 0 Å². The number of thiophene rings is 1. The SMILES string of the molecule is Cc1nn(CCNC(=O)C2CC=CCC2)c(C)c1-c1cccs1. The summed E-state index contributed by atoms with van der Waals surface area (Å²) >= 11 is 1.74. The van der Waals surface area contributed by atoms with E-state index in [1.54, 1.807) is 11.3 Å². The molecule has 0 saturated heterocycles. The molecular formula is C18H23N3OS. The second-order valence-corrected chi connectivity index (χ2v) is 6.97. The van der Waals surface area contributed by atoms with Crippen molar-refractivity contribution in [1.29, 1.82) is 0 Å². The zero-order chi connectivity index (χ0) is 16.2. The molecule has 1 amide bonds. The Hall–Kier alpha value is -1.88. The quantitative estimate of drug-likeness (QED) is 0.850. The molecule has 0 radical (unpaired) electrons. The van der Waals surface area contributed by atoms with Crippen LogP contribution in [0.4, 0.5) is 0 Å². The maximum atomic E-state index is 12.2. The standard InChI is InChI=1S/C18H23N3OS/c1-13-17(16-9-6-12-23-16)14(2)21(20-13)11-10-19-18(22)15-7-4-3-5-8-15/h3-4,6,9,12,15H,5,7-8,10-11H2,1-2H3,(H,19,22). The predicted octanol–water partition coefficient (Wildman–Crippen LogP) is 3.70. The van der Waals surface area contributed by atoms with E-state index in [2.05, 4.69) is 47.0 Å². The van der Waals surface area contributed by atoms with Gasteiger partial charge in [-0.15, -0.1) is 11.3 Å². The van der Waals surface area contributed by atoms with Crippen molar-refractivity contribution in [2.24, 2.45) is 5.92 Å². The zero-order valence-corrected chi connectivity index (χ0v) is 14.5. The molecule has 0 aromatic carbocycles. The van der Waals surface area contributed by atoms with Gasteiger partial charge in [0.05, 0.1) is 12.2 Å². The molecule has 0 fully saturated rings. The van der Waals surface area contributed by atoms with Crippen LogP contribution in [-0.4, -0.2) is 22.2 Å².